The molecule has 0 atom stereocenters. The summed E-state index contributed by atoms with van der Waals surface area (Å²) in [6.07, 6.45) is 1.56. The van der Waals surface area contributed by atoms with E-state index in [2.05, 4.69) is 10.5 Å². The van der Waals surface area contributed by atoms with Crippen LogP contribution >= 0.6 is 0 Å². The lowest BCUT2D eigenvalue weighted by Crippen LogP contribution is -2.20. The van der Waals surface area contributed by atoms with E-state index >= 15 is 0 Å². The van der Waals surface area contributed by atoms with Crippen LogP contribution in [0.4, 0.5) is 0 Å². The summed E-state index contributed by atoms with van der Waals surface area (Å²) in [6, 6.07) is 20.4. The van der Waals surface area contributed by atoms with Crippen molar-refractivity contribution in [1.82, 2.24) is 5.43 Å². The number of carbonyl (C=O) groups excluding carboxylic acids is 1. The van der Waals surface area contributed by atoms with Gasteiger partial charge in [-0.3, -0.25) is 4.79 Å². The lowest BCUT2D eigenvalue weighted by molar-refractivity contribution is 0.0950. The second kappa shape index (κ2) is 7.97. The molecule has 1 amide bonds. The van der Waals surface area contributed by atoms with E-state index in [0.29, 0.717) is 29.4 Å². The Labute approximate surface area is 145 Å². The SMILES string of the molecule is C/C(=N\NC(=O)c1ccccc1OCc1ccccc1)c1ccco1. The maximum absolute atomic E-state index is 12.4. The number of hydrogen-bond acceptors (Lipinski definition) is 4. The molecule has 0 radical (unpaired) electrons. The number of rotatable bonds is 6. The molecule has 0 bridgehead atoms. The predicted molar refractivity (Wildman–Crippen MR) is 95.6 cm³/mol. The van der Waals surface area contributed by atoms with E-state index in [1.807, 2.05) is 36.4 Å². The molecule has 0 spiro atoms. The molecular formula is C20H18N2O3. The molecule has 0 aliphatic heterocycles. The summed E-state index contributed by atoms with van der Waals surface area (Å²) in [6.45, 7) is 2.15. The van der Waals surface area contributed by atoms with Gasteiger partial charge in [-0.1, -0.05) is 42.5 Å². The van der Waals surface area contributed by atoms with Gasteiger partial charge in [0, 0.05) is 0 Å². The minimum Gasteiger partial charge on any atom is -0.488 e. The number of carbonyl (C=O) groups is 1. The van der Waals surface area contributed by atoms with Crippen molar-refractivity contribution in [2.24, 2.45) is 5.10 Å². The molecule has 0 aliphatic carbocycles. The quantitative estimate of drug-likeness (QED) is 0.547. The Kier molecular flexibility index (Phi) is 5.26. The molecule has 3 rings (SSSR count). The maximum atomic E-state index is 12.4. The summed E-state index contributed by atoms with van der Waals surface area (Å²) in [7, 11) is 0. The number of benzene rings is 2. The van der Waals surface area contributed by atoms with Crippen molar-refractivity contribution in [2.75, 3.05) is 0 Å². The lowest BCUT2D eigenvalue weighted by Gasteiger charge is -2.10. The van der Waals surface area contributed by atoms with Crippen molar-refractivity contribution >= 4 is 11.6 Å². The highest BCUT2D eigenvalue weighted by molar-refractivity contribution is 6.00. The second-order valence-electron chi connectivity index (χ2n) is 5.39. The number of hydrazone groups is 1. The average molecular weight is 334 g/mol. The van der Waals surface area contributed by atoms with Crippen molar-refractivity contribution in [3.05, 3.63) is 89.9 Å². The van der Waals surface area contributed by atoms with E-state index in [4.69, 9.17) is 9.15 Å². The van der Waals surface area contributed by atoms with E-state index in [1.165, 1.54) is 0 Å². The summed E-state index contributed by atoms with van der Waals surface area (Å²) in [4.78, 5) is 12.4. The van der Waals surface area contributed by atoms with Crippen LogP contribution in [0.5, 0.6) is 5.75 Å². The highest BCUT2D eigenvalue weighted by Crippen LogP contribution is 2.19. The standard InChI is InChI=1S/C20H18N2O3/c1-15(18-12-7-13-24-18)21-22-20(23)17-10-5-6-11-19(17)25-14-16-8-3-2-4-9-16/h2-13H,14H2,1H3,(H,22,23)/b21-15+. The van der Waals surface area contributed by atoms with Gasteiger partial charge in [-0.05, 0) is 36.8 Å². The third kappa shape index (κ3) is 4.35. The van der Waals surface area contributed by atoms with Gasteiger partial charge < -0.3 is 9.15 Å². The molecule has 0 saturated heterocycles. The summed E-state index contributed by atoms with van der Waals surface area (Å²) in [5, 5.41) is 4.07. The van der Waals surface area contributed by atoms with Gasteiger partial charge in [-0.2, -0.15) is 5.10 Å². The topological polar surface area (TPSA) is 63.8 Å². The van der Waals surface area contributed by atoms with E-state index < -0.39 is 0 Å². The van der Waals surface area contributed by atoms with Crippen LogP contribution < -0.4 is 10.2 Å². The Bertz CT molecular complexity index is 856. The number of furan rings is 1. The third-order valence-corrected chi connectivity index (χ3v) is 3.57. The molecule has 5 nitrogen and oxygen atoms in total. The molecule has 5 heteroatoms. The fourth-order valence-electron chi connectivity index (χ4n) is 2.25. The molecule has 1 heterocycles. The average Bonchev–Trinajstić information content (AvgIpc) is 3.20. The first kappa shape index (κ1) is 16.5. The molecule has 1 aromatic heterocycles. The van der Waals surface area contributed by atoms with Gasteiger partial charge in [0.2, 0.25) is 0 Å². The van der Waals surface area contributed by atoms with Crippen molar-refractivity contribution in [2.45, 2.75) is 13.5 Å². The Morgan fingerprint density at radius 2 is 1.80 bits per heavy atom. The number of para-hydroxylation sites is 1. The van der Waals surface area contributed by atoms with Crippen molar-refractivity contribution in [3.63, 3.8) is 0 Å². The van der Waals surface area contributed by atoms with Gasteiger partial charge in [-0.15, -0.1) is 0 Å². The largest absolute Gasteiger partial charge is 0.488 e. The lowest BCUT2D eigenvalue weighted by atomic mass is 10.2. The van der Waals surface area contributed by atoms with E-state index in [-0.39, 0.29) is 5.91 Å². The Morgan fingerprint density at radius 3 is 2.56 bits per heavy atom. The zero-order chi connectivity index (χ0) is 17.5. The molecule has 2 aromatic carbocycles. The first-order chi connectivity index (χ1) is 12.2. The van der Waals surface area contributed by atoms with Gasteiger partial charge >= 0.3 is 0 Å². The number of nitrogens with one attached hydrogen (secondary N) is 1. The first-order valence-electron chi connectivity index (χ1n) is 7.88. The Morgan fingerprint density at radius 1 is 1.04 bits per heavy atom. The van der Waals surface area contributed by atoms with Gasteiger partial charge in [0.05, 0.1) is 11.8 Å². The smallest absolute Gasteiger partial charge is 0.275 e. The summed E-state index contributed by atoms with van der Waals surface area (Å²) in [5.74, 6) is 0.776. The van der Waals surface area contributed by atoms with E-state index in [0.717, 1.165) is 5.56 Å². The molecular weight excluding hydrogens is 316 g/mol. The molecule has 3 aromatic rings. The van der Waals surface area contributed by atoms with Crippen LogP contribution in [0.25, 0.3) is 0 Å². The van der Waals surface area contributed by atoms with E-state index in [1.54, 1.807) is 43.5 Å². The van der Waals surface area contributed by atoms with Gasteiger partial charge in [0.25, 0.3) is 5.91 Å². The Balaban J connectivity index is 1.69. The summed E-state index contributed by atoms with van der Waals surface area (Å²) < 4.78 is 11.0. The third-order valence-electron chi connectivity index (χ3n) is 3.57. The summed E-state index contributed by atoms with van der Waals surface area (Å²) >= 11 is 0. The molecule has 0 unspecified atom stereocenters. The fraction of sp³-hybridized carbons (Fsp3) is 0.100. The predicted octanol–water partition coefficient (Wildman–Crippen LogP) is 4.01. The number of nitrogens with zero attached hydrogens (tertiary/aromatic N) is 1. The van der Waals surface area contributed by atoms with Crippen molar-refractivity contribution in [1.29, 1.82) is 0 Å². The molecule has 1 N–H and O–H groups in total. The van der Waals surface area contributed by atoms with Crippen molar-refractivity contribution in [3.8, 4) is 5.75 Å². The maximum Gasteiger partial charge on any atom is 0.275 e. The van der Waals surface area contributed by atoms with Crippen LogP contribution in [0.2, 0.25) is 0 Å². The normalized spacial score (nSPS) is 11.2. The number of hydrogen-bond donors (Lipinski definition) is 1. The Hall–Kier alpha value is -3.34. The minimum absolute atomic E-state index is 0.338. The van der Waals surface area contributed by atoms with Crippen LogP contribution in [0.1, 0.15) is 28.6 Å². The number of amides is 1. The van der Waals surface area contributed by atoms with Crippen LogP contribution in [-0.4, -0.2) is 11.6 Å². The van der Waals surface area contributed by atoms with Crippen LogP contribution in [0, 0.1) is 0 Å². The minimum atomic E-state index is -0.338. The van der Waals surface area contributed by atoms with Crippen LogP contribution in [-0.2, 0) is 6.61 Å². The van der Waals surface area contributed by atoms with Crippen LogP contribution in [0.3, 0.4) is 0 Å². The van der Waals surface area contributed by atoms with Gasteiger partial charge in [0.15, 0.2) is 0 Å². The van der Waals surface area contributed by atoms with E-state index in [9.17, 15) is 4.79 Å². The molecule has 0 fully saturated rings. The zero-order valence-corrected chi connectivity index (χ0v) is 13.8. The first-order valence-corrected chi connectivity index (χ1v) is 7.88. The highest BCUT2D eigenvalue weighted by atomic mass is 16.5. The zero-order valence-electron chi connectivity index (χ0n) is 13.8. The molecule has 126 valence electrons. The van der Waals surface area contributed by atoms with Crippen molar-refractivity contribution < 1.29 is 13.9 Å². The monoisotopic (exact) mass is 334 g/mol. The molecule has 0 saturated carbocycles. The molecule has 25 heavy (non-hydrogen) atoms. The summed E-state index contributed by atoms with van der Waals surface area (Å²) in [5.41, 5.74) is 4.58. The van der Waals surface area contributed by atoms with Gasteiger partial charge in [0.1, 0.15) is 23.8 Å². The molecule has 0 aliphatic rings. The number of ether oxygens (including phenoxy) is 1. The highest BCUT2D eigenvalue weighted by Gasteiger charge is 2.12. The fourth-order valence-corrected chi connectivity index (χ4v) is 2.25. The van der Waals surface area contributed by atoms with Crippen LogP contribution in [0.15, 0.2) is 82.5 Å². The van der Waals surface area contributed by atoms with Gasteiger partial charge in [-0.25, -0.2) is 5.43 Å². The second-order valence-corrected chi connectivity index (χ2v) is 5.39.